The highest BCUT2D eigenvalue weighted by molar-refractivity contribution is 5.69. The van der Waals surface area contributed by atoms with Crippen LogP contribution in [-0.4, -0.2) is 46.7 Å². The summed E-state index contributed by atoms with van der Waals surface area (Å²) in [5.41, 5.74) is -0.0997. The van der Waals surface area contributed by atoms with E-state index in [9.17, 15) is 20.1 Å². The van der Waals surface area contributed by atoms with Crippen LogP contribution in [0.4, 0.5) is 0 Å². The zero-order valence-electron chi connectivity index (χ0n) is 19.2. The van der Waals surface area contributed by atoms with Crippen molar-refractivity contribution in [3.05, 3.63) is 0 Å². The molecule has 0 amide bonds. The number of ether oxygens (including phenoxy) is 1. The molecule has 11 atom stereocenters. The van der Waals surface area contributed by atoms with E-state index in [0.717, 1.165) is 44.9 Å². The first-order valence-electron chi connectivity index (χ1n) is 12.2. The van der Waals surface area contributed by atoms with Crippen LogP contribution in [0.2, 0.25) is 0 Å². The van der Waals surface area contributed by atoms with E-state index in [-0.39, 0.29) is 34.7 Å². The second-order valence-corrected chi connectivity index (χ2v) is 11.6. The van der Waals surface area contributed by atoms with Crippen LogP contribution in [0.25, 0.3) is 0 Å². The number of carbonyl (C=O) groups excluding carboxylic acids is 1. The smallest absolute Gasteiger partial charge is 0.305 e. The van der Waals surface area contributed by atoms with Gasteiger partial charge >= 0.3 is 5.97 Å². The van der Waals surface area contributed by atoms with Crippen molar-refractivity contribution in [2.24, 2.45) is 46.3 Å². The van der Waals surface area contributed by atoms with Crippen molar-refractivity contribution in [2.45, 2.75) is 96.9 Å². The average molecular weight is 423 g/mol. The van der Waals surface area contributed by atoms with Gasteiger partial charge in [0.2, 0.25) is 0 Å². The van der Waals surface area contributed by atoms with Gasteiger partial charge in [-0.2, -0.15) is 0 Å². The zero-order chi connectivity index (χ0) is 21.8. The third-order valence-electron chi connectivity index (χ3n) is 10.5. The molecule has 4 fully saturated rings. The van der Waals surface area contributed by atoms with Crippen LogP contribution < -0.4 is 0 Å². The number of rotatable bonds is 4. The molecule has 0 aliphatic heterocycles. The molecule has 172 valence electrons. The highest BCUT2D eigenvalue weighted by atomic mass is 16.5. The lowest BCUT2D eigenvalue weighted by Gasteiger charge is -2.62. The fraction of sp³-hybridized carbons (Fsp3) is 0.960. The quantitative estimate of drug-likeness (QED) is 0.603. The van der Waals surface area contributed by atoms with E-state index in [4.69, 9.17) is 4.74 Å². The van der Waals surface area contributed by atoms with Crippen LogP contribution >= 0.6 is 0 Å². The Morgan fingerprint density at radius 1 is 1.07 bits per heavy atom. The molecule has 0 aromatic carbocycles. The molecule has 0 spiro atoms. The number of hydrogen-bond acceptors (Lipinski definition) is 5. The van der Waals surface area contributed by atoms with Crippen molar-refractivity contribution >= 4 is 5.97 Å². The third-order valence-corrected chi connectivity index (χ3v) is 10.5. The number of hydrogen-bond donors (Lipinski definition) is 3. The number of aliphatic hydroxyl groups is 3. The van der Waals surface area contributed by atoms with Crippen molar-refractivity contribution < 1.29 is 24.9 Å². The molecule has 5 heteroatoms. The van der Waals surface area contributed by atoms with Crippen LogP contribution in [0.3, 0.4) is 0 Å². The summed E-state index contributed by atoms with van der Waals surface area (Å²) in [5.74, 6) is 1.89. The molecule has 0 aromatic rings. The Hall–Kier alpha value is -0.650. The molecule has 4 rings (SSSR count). The summed E-state index contributed by atoms with van der Waals surface area (Å²) in [6.07, 6.45) is 6.80. The fourth-order valence-corrected chi connectivity index (χ4v) is 8.88. The second kappa shape index (κ2) is 8.04. The lowest BCUT2D eigenvalue weighted by Crippen LogP contribution is -2.59. The van der Waals surface area contributed by atoms with E-state index in [1.807, 2.05) is 0 Å². The summed E-state index contributed by atoms with van der Waals surface area (Å²) in [4.78, 5) is 11.7. The predicted molar refractivity (Wildman–Crippen MR) is 114 cm³/mol. The van der Waals surface area contributed by atoms with Gasteiger partial charge in [0.1, 0.15) is 0 Å². The summed E-state index contributed by atoms with van der Waals surface area (Å²) in [5, 5.41) is 32.9. The van der Waals surface area contributed by atoms with Crippen molar-refractivity contribution in [2.75, 3.05) is 7.11 Å². The number of methoxy groups -OCH3 is 1. The monoisotopic (exact) mass is 422 g/mol. The first-order valence-corrected chi connectivity index (χ1v) is 12.2. The van der Waals surface area contributed by atoms with Gasteiger partial charge in [-0.15, -0.1) is 0 Å². The molecule has 0 saturated heterocycles. The summed E-state index contributed by atoms with van der Waals surface area (Å²) in [7, 11) is 1.42. The predicted octanol–water partition coefficient (Wildman–Crippen LogP) is 3.54. The van der Waals surface area contributed by atoms with Crippen LogP contribution in [0, 0.1) is 46.3 Å². The van der Waals surface area contributed by atoms with Crippen LogP contribution in [0.1, 0.15) is 78.6 Å². The molecule has 4 aliphatic rings. The molecule has 11 unspecified atom stereocenters. The summed E-state index contributed by atoms with van der Waals surface area (Å²) in [6, 6.07) is 0. The Kier molecular flexibility index (Phi) is 6.04. The van der Waals surface area contributed by atoms with Crippen molar-refractivity contribution in [3.63, 3.8) is 0 Å². The van der Waals surface area contributed by atoms with Crippen LogP contribution in [0.15, 0.2) is 0 Å². The first kappa shape index (κ1) is 22.5. The molecule has 0 bridgehead atoms. The second-order valence-electron chi connectivity index (χ2n) is 11.6. The van der Waals surface area contributed by atoms with Gasteiger partial charge in [0.05, 0.1) is 25.4 Å². The minimum absolute atomic E-state index is 0.0156. The van der Waals surface area contributed by atoms with E-state index in [1.54, 1.807) is 0 Å². The van der Waals surface area contributed by atoms with Crippen LogP contribution in [-0.2, 0) is 9.53 Å². The lowest BCUT2D eigenvalue weighted by molar-refractivity contribution is -0.176. The van der Waals surface area contributed by atoms with Gasteiger partial charge < -0.3 is 20.1 Å². The molecule has 4 saturated carbocycles. The fourth-order valence-electron chi connectivity index (χ4n) is 8.88. The van der Waals surface area contributed by atoms with E-state index < -0.39 is 12.2 Å². The zero-order valence-corrected chi connectivity index (χ0v) is 19.2. The molecule has 3 N–H and O–H groups in total. The topological polar surface area (TPSA) is 87.0 Å². The summed E-state index contributed by atoms with van der Waals surface area (Å²) in [6.45, 7) is 6.76. The molecular weight excluding hydrogens is 380 g/mol. The normalized spacial score (nSPS) is 51.4. The largest absolute Gasteiger partial charge is 0.469 e. The van der Waals surface area contributed by atoms with Gasteiger partial charge in [-0.05, 0) is 92.3 Å². The Morgan fingerprint density at radius 2 is 1.80 bits per heavy atom. The van der Waals surface area contributed by atoms with E-state index in [2.05, 4.69) is 20.8 Å². The van der Waals surface area contributed by atoms with Gasteiger partial charge in [-0.25, -0.2) is 0 Å². The minimum Gasteiger partial charge on any atom is -0.469 e. The van der Waals surface area contributed by atoms with Crippen molar-refractivity contribution in [1.82, 2.24) is 0 Å². The Bertz CT molecular complexity index is 651. The molecule has 5 nitrogen and oxygen atoms in total. The van der Waals surface area contributed by atoms with Gasteiger partial charge in [0, 0.05) is 11.8 Å². The van der Waals surface area contributed by atoms with E-state index in [1.165, 1.54) is 7.11 Å². The number of aliphatic hydroxyl groups excluding tert-OH is 3. The van der Waals surface area contributed by atoms with E-state index in [0.29, 0.717) is 36.5 Å². The standard InChI is InChI=1S/C25H42O5/c1-14(5-8-22(29)30-4)23-20(27)12-19-17-7-6-15-11-16(26)9-10-24(15,2)18(17)13-21(28)25(19,23)3/h14-21,23,26-28H,5-13H2,1-4H3. The maximum atomic E-state index is 11.7. The third kappa shape index (κ3) is 3.34. The molecular formula is C25H42O5. The summed E-state index contributed by atoms with van der Waals surface area (Å²) < 4.78 is 4.81. The van der Waals surface area contributed by atoms with Gasteiger partial charge in [0.25, 0.3) is 0 Å². The molecule has 4 aliphatic carbocycles. The van der Waals surface area contributed by atoms with Gasteiger partial charge in [-0.1, -0.05) is 20.8 Å². The Labute approximate surface area is 181 Å². The lowest BCUT2D eigenvalue weighted by atomic mass is 9.43. The highest BCUT2D eigenvalue weighted by Gasteiger charge is 2.65. The maximum Gasteiger partial charge on any atom is 0.305 e. The molecule has 0 aromatic heterocycles. The number of carbonyl (C=O) groups is 1. The highest BCUT2D eigenvalue weighted by Crippen LogP contribution is 2.68. The first-order chi connectivity index (χ1) is 14.1. The van der Waals surface area contributed by atoms with E-state index >= 15 is 0 Å². The molecule has 0 radical (unpaired) electrons. The van der Waals surface area contributed by atoms with Gasteiger partial charge in [0.15, 0.2) is 0 Å². The van der Waals surface area contributed by atoms with Crippen molar-refractivity contribution in [1.29, 1.82) is 0 Å². The Balaban J connectivity index is 1.58. The summed E-state index contributed by atoms with van der Waals surface area (Å²) >= 11 is 0. The van der Waals surface area contributed by atoms with Crippen LogP contribution in [0.5, 0.6) is 0 Å². The molecule has 30 heavy (non-hydrogen) atoms. The van der Waals surface area contributed by atoms with Gasteiger partial charge in [-0.3, -0.25) is 4.79 Å². The van der Waals surface area contributed by atoms with Crippen molar-refractivity contribution in [3.8, 4) is 0 Å². The number of fused-ring (bicyclic) bond motifs is 5. The average Bonchev–Trinajstić information content (AvgIpc) is 2.99. The minimum atomic E-state index is -0.422. The Morgan fingerprint density at radius 3 is 2.50 bits per heavy atom. The number of esters is 1. The SMILES string of the molecule is COC(=O)CCC(C)C1C(O)CC2C3CCC4CC(O)CCC4(C)C3CC(O)C21C. The molecule has 0 heterocycles. The maximum absolute atomic E-state index is 11.7.